The van der Waals surface area contributed by atoms with Crippen molar-refractivity contribution in [2.45, 2.75) is 46.1 Å². The van der Waals surface area contributed by atoms with E-state index in [9.17, 15) is 10.1 Å². The van der Waals surface area contributed by atoms with Crippen molar-refractivity contribution >= 4 is 5.69 Å². The molecular formula is C15H24N2O2. The zero-order chi connectivity index (χ0) is 14.3. The maximum absolute atomic E-state index is 11.0. The van der Waals surface area contributed by atoms with Crippen molar-refractivity contribution in [3.8, 4) is 0 Å². The molecule has 0 aliphatic heterocycles. The lowest BCUT2D eigenvalue weighted by Crippen LogP contribution is -2.37. The third-order valence-corrected chi connectivity index (χ3v) is 3.62. The molecule has 19 heavy (non-hydrogen) atoms. The molecule has 2 atom stereocenters. The van der Waals surface area contributed by atoms with Gasteiger partial charge in [-0.05, 0) is 25.3 Å². The summed E-state index contributed by atoms with van der Waals surface area (Å²) >= 11 is 0. The molecule has 1 aromatic rings. The Morgan fingerprint density at radius 3 is 2.58 bits per heavy atom. The monoisotopic (exact) mass is 264 g/mol. The molecule has 4 nitrogen and oxygen atoms in total. The molecule has 2 unspecified atom stereocenters. The van der Waals surface area contributed by atoms with Gasteiger partial charge in [0.2, 0.25) is 0 Å². The molecule has 0 aliphatic rings. The summed E-state index contributed by atoms with van der Waals surface area (Å²) in [6.45, 7) is 7.44. The van der Waals surface area contributed by atoms with E-state index < -0.39 is 0 Å². The maximum Gasteiger partial charge on any atom is 0.272 e. The molecule has 0 bridgehead atoms. The van der Waals surface area contributed by atoms with Crippen LogP contribution in [0.2, 0.25) is 0 Å². The molecule has 0 saturated heterocycles. The molecule has 1 aromatic carbocycles. The lowest BCUT2D eigenvalue weighted by Gasteiger charge is -2.24. The van der Waals surface area contributed by atoms with E-state index in [1.807, 2.05) is 12.1 Å². The Labute approximate surface area is 115 Å². The Hall–Kier alpha value is -1.42. The number of nitro groups is 1. The molecule has 0 aromatic heterocycles. The van der Waals surface area contributed by atoms with Crippen LogP contribution in [0.1, 0.15) is 39.2 Å². The van der Waals surface area contributed by atoms with Gasteiger partial charge in [0.1, 0.15) is 0 Å². The molecule has 4 heteroatoms. The number of hydrogen-bond donors (Lipinski definition) is 1. The summed E-state index contributed by atoms with van der Waals surface area (Å²) in [6.07, 6.45) is 2.86. The number of benzene rings is 1. The summed E-state index contributed by atoms with van der Waals surface area (Å²) in [5.74, 6) is 0.506. The van der Waals surface area contributed by atoms with E-state index in [2.05, 4.69) is 26.1 Å². The highest BCUT2D eigenvalue weighted by Crippen LogP contribution is 2.22. The Balaban J connectivity index is 2.86. The molecule has 0 radical (unpaired) electrons. The van der Waals surface area contributed by atoms with E-state index in [0.29, 0.717) is 18.4 Å². The predicted molar refractivity (Wildman–Crippen MR) is 78.3 cm³/mol. The molecule has 106 valence electrons. The molecular weight excluding hydrogens is 240 g/mol. The third-order valence-electron chi connectivity index (χ3n) is 3.62. The number of nitrogens with one attached hydrogen (secondary N) is 1. The average molecular weight is 264 g/mol. The number of hydrogen-bond acceptors (Lipinski definition) is 3. The van der Waals surface area contributed by atoms with Gasteiger partial charge in [-0.15, -0.1) is 0 Å². The van der Waals surface area contributed by atoms with Gasteiger partial charge in [-0.1, -0.05) is 45.4 Å². The minimum Gasteiger partial charge on any atom is -0.313 e. The second-order valence-corrected chi connectivity index (χ2v) is 5.04. The summed E-state index contributed by atoms with van der Waals surface area (Å²) in [4.78, 5) is 10.8. The van der Waals surface area contributed by atoms with Crippen LogP contribution in [0.25, 0.3) is 0 Å². The fourth-order valence-electron chi connectivity index (χ4n) is 2.19. The highest BCUT2D eigenvalue weighted by atomic mass is 16.6. The smallest absolute Gasteiger partial charge is 0.272 e. The first-order valence-electron chi connectivity index (χ1n) is 7.05. The van der Waals surface area contributed by atoms with Crippen LogP contribution in [0.15, 0.2) is 24.3 Å². The Bertz CT molecular complexity index is 407. The first-order valence-corrected chi connectivity index (χ1v) is 7.05. The summed E-state index contributed by atoms with van der Waals surface area (Å²) in [6, 6.07) is 7.34. The second-order valence-electron chi connectivity index (χ2n) is 5.04. The molecule has 0 saturated carbocycles. The van der Waals surface area contributed by atoms with Gasteiger partial charge in [0.25, 0.3) is 5.69 Å². The molecule has 0 amide bonds. The number of para-hydroxylation sites is 1. The van der Waals surface area contributed by atoms with Crippen LogP contribution in [-0.2, 0) is 6.42 Å². The first kappa shape index (κ1) is 15.6. The van der Waals surface area contributed by atoms with Crippen LogP contribution >= 0.6 is 0 Å². The first-order chi connectivity index (χ1) is 9.10. The molecule has 0 spiro atoms. The van der Waals surface area contributed by atoms with Crippen molar-refractivity contribution in [2.75, 3.05) is 6.54 Å². The van der Waals surface area contributed by atoms with Crippen LogP contribution in [0.3, 0.4) is 0 Å². The largest absolute Gasteiger partial charge is 0.313 e. The molecule has 1 N–H and O–H groups in total. The van der Waals surface area contributed by atoms with Crippen molar-refractivity contribution in [1.29, 1.82) is 0 Å². The number of nitrogens with zero attached hydrogens (tertiary/aromatic N) is 1. The summed E-state index contributed by atoms with van der Waals surface area (Å²) in [5, 5.41) is 14.6. The SMILES string of the molecule is CCCNC(Cc1ccccc1[N+](=O)[O-])C(C)CC. The summed E-state index contributed by atoms with van der Waals surface area (Å²) in [7, 11) is 0. The highest BCUT2D eigenvalue weighted by Gasteiger charge is 2.20. The zero-order valence-corrected chi connectivity index (χ0v) is 12.1. The Morgan fingerprint density at radius 2 is 2.00 bits per heavy atom. The van der Waals surface area contributed by atoms with E-state index in [0.717, 1.165) is 24.9 Å². The van der Waals surface area contributed by atoms with Crippen LogP contribution in [-0.4, -0.2) is 17.5 Å². The zero-order valence-electron chi connectivity index (χ0n) is 12.1. The summed E-state index contributed by atoms with van der Waals surface area (Å²) < 4.78 is 0. The highest BCUT2D eigenvalue weighted by molar-refractivity contribution is 5.40. The lowest BCUT2D eigenvalue weighted by atomic mass is 9.92. The standard InChI is InChI=1S/C15H24N2O2/c1-4-10-16-14(12(3)5-2)11-13-8-6-7-9-15(13)17(18)19/h6-9,12,14,16H,4-5,10-11H2,1-3H3. The van der Waals surface area contributed by atoms with E-state index in [-0.39, 0.29) is 10.6 Å². The number of rotatable bonds is 8. The van der Waals surface area contributed by atoms with E-state index in [1.54, 1.807) is 12.1 Å². The fraction of sp³-hybridized carbons (Fsp3) is 0.600. The number of nitro benzene ring substituents is 1. The van der Waals surface area contributed by atoms with Crippen LogP contribution in [0, 0.1) is 16.0 Å². The van der Waals surface area contributed by atoms with Gasteiger partial charge in [0.05, 0.1) is 4.92 Å². The lowest BCUT2D eigenvalue weighted by molar-refractivity contribution is -0.385. The topological polar surface area (TPSA) is 55.2 Å². The van der Waals surface area contributed by atoms with Gasteiger partial charge in [-0.3, -0.25) is 10.1 Å². The molecule has 0 aliphatic carbocycles. The minimum atomic E-state index is -0.289. The average Bonchev–Trinajstić information content (AvgIpc) is 2.42. The third kappa shape index (κ3) is 4.63. The van der Waals surface area contributed by atoms with Crippen molar-refractivity contribution in [3.63, 3.8) is 0 Å². The van der Waals surface area contributed by atoms with Crippen LogP contribution < -0.4 is 5.32 Å². The normalized spacial score (nSPS) is 14.1. The van der Waals surface area contributed by atoms with Gasteiger partial charge >= 0.3 is 0 Å². The molecule has 1 rings (SSSR count). The molecule has 0 fully saturated rings. The van der Waals surface area contributed by atoms with Crippen LogP contribution in [0.5, 0.6) is 0 Å². The Morgan fingerprint density at radius 1 is 1.32 bits per heavy atom. The van der Waals surface area contributed by atoms with Crippen molar-refractivity contribution < 1.29 is 4.92 Å². The minimum absolute atomic E-state index is 0.231. The second kappa shape index (κ2) is 7.89. The predicted octanol–water partition coefficient (Wildman–Crippen LogP) is 3.55. The van der Waals surface area contributed by atoms with Gasteiger partial charge in [0.15, 0.2) is 0 Å². The van der Waals surface area contributed by atoms with Gasteiger partial charge < -0.3 is 5.32 Å². The van der Waals surface area contributed by atoms with E-state index in [1.165, 1.54) is 0 Å². The van der Waals surface area contributed by atoms with E-state index in [4.69, 9.17) is 0 Å². The molecule has 0 heterocycles. The van der Waals surface area contributed by atoms with Crippen molar-refractivity contribution in [2.24, 2.45) is 5.92 Å². The Kier molecular flexibility index (Phi) is 6.50. The quantitative estimate of drug-likeness (QED) is 0.577. The van der Waals surface area contributed by atoms with Gasteiger partial charge in [-0.25, -0.2) is 0 Å². The fourth-order valence-corrected chi connectivity index (χ4v) is 2.19. The van der Waals surface area contributed by atoms with Gasteiger partial charge in [-0.2, -0.15) is 0 Å². The van der Waals surface area contributed by atoms with Crippen molar-refractivity contribution in [1.82, 2.24) is 5.32 Å². The van der Waals surface area contributed by atoms with Crippen molar-refractivity contribution in [3.05, 3.63) is 39.9 Å². The van der Waals surface area contributed by atoms with Gasteiger partial charge in [0, 0.05) is 17.7 Å². The van der Waals surface area contributed by atoms with E-state index >= 15 is 0 Å². The maximum atomic E-state index is 11.0. The summed E-state index contributed by atoms with van der Waals surface area (Å²) in [5.41, 5.74) is 1.05. The van der Waals surface area contributed by atoms with Crippen LogP contribution in [0.4, 0.5) is 5.69 Å².